The Kier molecular flexibility index (Phi) is 5.14. The lowest BCUT2D eigenvalue weighted by Gasteiger charge is -2.38. The number of phenols is 1. The Morgan fingerprint density at radius 1 is 1.00 bits per heavy atom. The number of para-hydroxylation sites is 2. The average molecular weight is 375 g/mol. The number of nitrogens with zero attached hydrogens (tertiary/aromatic N) is 5. The minimum absolute atomic E-state index is 0.0408. The molecule has 1 aromatic carbocycles. The molecular formula is C21H21N5O2. The Morgan fingerprint density at radius 3 is 2.43 bits per heavy atom. The van der Waals surface area contributed by atoms with Gasteiger partial charge in [-0.1, -0.05) is 12.1 Å². The summed E-state index contributed by atoms with van der Waals surface area (Å²) in [7, 11) is 0. The van der Waals surface area contributed by atoms with Crippen LogP contribution in [-0.2, 0) is 0 Å². The molecule has 1 amide bonds. The topological polar surface area (TPSA) is 82.5 Å². The van der Waals surface area contributed by atoms with Crippen LogP contribution < -0.4 is 9.80 Å². The summed E-state index contributed by atoms with van der Waals surface area (Å²) in [6, 6.07) is 12.2. The third-order valence-electron chi connectivity index (χ3n) is 4.93. The molecule has 3 aromatic rings. The van der Waals surface area contributed by atoms with E-state index in [2.05, 4.69) is 19.9 Å². The zero-order chi connectivity index (χ0) is 19.3. The molecule has 1 N–H and O–H groups in total. The van der Waals surface area contributed by atoms with Gasteiger partial charge in [0.2, 0.25) is 5.95 Å². The van der Waals surface area contributed by atoms with Crippen LogP contribution in [0, 0.1) is 0 Å². The van der Waals surface area contributed by atoms with Crippen molar-refractivity contribution in [2.75, 3.05) is 22.9 Å². The van der Waals surface area contributed by atoms with E-state index in [0.717, 1.165) is 25.9 Å². The third kappa shape index (κ3) is 3.64. The van der Waals surface area contributed by atoms with Crippen molar-refractivity contribution in [1.82, 2.24) is 15.0 Å². The van der Waals surface area contributed by atoms with Gasteiger partial charge in [-0.25, -0.2) is 9.97 Å². The molecule has 28 heavy (non-hydrogen) atoms. The van der Waals surface area contributed by atoms with E-state index in [1.807, 2.05) is 6.07 Å². The molecule has 7 nitrogen and oxygen atoms in total. The Balaban J connectivity index is 1.60. The minimum atomic E-state index is -0.163. The lowest BCUT2D eigenvalue weighted by atomic mass is 10.0. The fraction of sp³-hybridized carbons (Fsp3) is 0.238. The van der Waals surface area contributed by atoms with Crippen LogP contribution in [0.3, 0.4) is 0 Å². The molecule has 0 bridgehead atoms. The molecule has 0 aliphatic carbocycles. The van der Waals surface area contributed by atoms with Gasteiger partial charge in [0.05, 0.1) is 11.3 Å². The van der Waals surface area contributed by atoms with Crippen molar-refractivity contribution in [2.24, 2.45) is 0 Å². The van der Waals surface area contributed by atoms with Crippen LogP contribution in [0.25, 0.3) is 0 Å². The molecule has 0 unspecified atom stereocenters. The van der Waals surface area contributed by atoms with E-state index >= 15 is 0 Å². The Bertz CT molecular complexity index is 928. The summed E-state index contributed by atoms with van der Waals surface area (Å²) >= 11 is 0. The lowest BCUT2D eigenvalue weighted by Crippen LogP contribution is -2.48. The van der Waals surface area contributed by atoms with Crippen LogP contribution in [-0.4, -0.2) is 45.1 Å². The van der Waals surface area contributed by atoms with E-state index in [9.17, 15) is 9.90 Å². The molecule has 7 heteroatoms. The van der Waals surface area contributed by atoms with Crippen LogP contribution >= 0.6 is 0 Å². The molecule has 1 fully saturated rings. The number of aromatic hydroxyl groups is 1. The van der Waals surface area contributed by atoms with Crippen LogP contribution in [0.15, 0.2) is 67.3 Å². The minimum Gasteiger partial charge on any atom is -0.506 e. The number of hydrogen-bond donors (Lipinski definition) is 1. The summed E-state index contributed by atoms with van der Waals surface area (Å²) in [6.45, 7) is 1.47. The van der Waals surface area contributed by atoms with E-state index in [4.69, 9.17) is 0 Å². The molecule has 4 rings (SSSR count). The number of carbonyl (C=O) groups excluding carboxylic acids is 1. The first kappa shape index (κ1) is 17.9. The molecule has 2 aromatic heterocycles. The number of amides is 1. The fourth-order valence-corrected chi connectivity index (χ4v) is 3.55. The van der Waals surface area contributed by atoms with Crippen molar-refractivity contribution in [3.63, 3.8) is 0 Å². The SMILES string of the molecule is O=C(c1cccnc1)N(c1ccccc1O)C1CCN(c2ncccn2)CC1. The zero-order valence-corrected chi connectivity index (χ0v) is 15.3. The molecule has 0 spiro atoms. The number of pyridine rings is 1. The normalized spacial score (nSPS) is 14.6. The third-order valence-corrected chi connectivity index (χ3v) is 4.93. The van der Waals surface area contributed by atoms with Crippen LogP contribution in [0.1, 0.15) is 23.2 Å². The maximum atomic E-state index is 13.3. The van der Waals surface area contributed by atoms with Gasteiger partial charge < -0.3 is 14.9 Å². The van der Waals surface area contributed by atoms with E-state index in [0.29, 0.717) is 17.2 Å². The predicted molar refractivity (Wildman–Crippen MR) is 106 cm³/mol. The highest BCUT2D eigenvalue weighted by molar-refractivity contribution is 6.07. The predicted octanol–water partition coefficient (Wildman–Crippen LogP) is 2.89. The zero-order valence-electron chi connectivity index (χ0n) is 15.3. The molecule has 142 valence electrons. The number of hydrogen-bond acceptors (Lipinski definition) is 6. The molecule has 1 saturated heterocycles. The van der Waals surface area contributed by atoms with Gasteiger partial charge in [0.1, 0.15) is 5.75 Å². The smallest absolute Gasteiger partial charge is 0.260 e. The van der Waals surface area contributed by atoms with Gasteiger partial charge in [-0.2, -0.15) is 0 Å². The fourth-order valence-electron chi connectivity index (χ4n) is 3.55. The Hall–Kier alpha value is -3.48. The second kappa shape index (κ2) is 8.04. The van der Waals surface area contributed by atoms with E-state index in [-0.39, 0.29) is 17.7 Å². The van der Waals surface area contributed by atoms with Gasteiger partial charge in [-0.15, -0.1) is 0 Å². The van der Waals surface area contributed by atoms with Crippen molar-refractivity contribution in [1.29, 1.82) is 0 Å². The number of carbonyl (C=O) groups is 1. The standard InChI is InChI=1S/C21H21N5O2/c27-19-7-2-1-6-18(19)26(20(28)16-5-3-10-22-15-16)17-8-13-25(14-9-17)21-23-11-4-12-24-21/h1-7,10-12,15,17,27H,8-9,13-14H2. The highest BCUT2D eigenvalue weighted by Gasteiger charge is 2.31. The van der Waals surface area contributed by atoms with Gasteiger partial charge in [-0.3, -0.25) is 9.78 Å². The molecule has 1 aliphatic rings. The van der Waals surface area contributed by atoms with E-state index in [1.54, 1.807) is 66.1 Å². The highest BCUT2D eigenvalue weighted by Crippen LogP contribution is 2.32. The van der Waals surface area contributed by atoms with Crippen molar-refractivity contribution in [3.05, 3.63) is 72.8 Å². The summed E-state index contributed by atoms with van der Waals surface area (Å²) < 4.78 is 0. The van der Waals surface area contributed by atoms with Gasteiger partial charge in [0.15, 0.2) is 0 Å². The van der Waals surface area contributed by atoms with Crippen molar-refractivity contribution >= 4 is 17.5 Å². The van der Waals surface area contributed by atoms with Gasteiger partial charge >= 0.3 is 0 Å². The summed E-state index contributed by atoms with van der Waals surface area (Å²) in [4.78, 5) is 29.8. The number of benzene rings is 1. The number of phenolic OH excluding ortho intramolecular Hbond substituents is 1. The number of anilines is 2. The molecule has 0 radical (unpaired) electrons. The number of aromatic nitrogens is 3. The highest BCUT2D eigenvalue weighted by atomic mass is 16.3. The lowest BCUT2D eigenvalue weighted by molar-refractivity contribution is 0.0971. The van der Waals surface area contributed by atoms with Gasteiger partial charge in [0, 0.05) is 43.9 Å². The molecule has 3 heterocycles. The first-order valence-corrected chi connectivity index (χ1v) is 9.27. The van der Waals surface area contributed by atoms with Gasteiger partial charge in [-0.05, 0) is 43.2 Å². The summed E-state index contributed by atoms with van der Waals surface area (Å²) in [5.41, 5.74) is 1.02. The van der Waals surface area contributed by atoms with Crippen molar-refractivity contribution in [3.8, 4) is 5.75 Å². The quantitative estimate of drug-likeness (QED) is 0.755. The maximum Gasteiger partial charge on any atom is 0.260 e. The monoisotopic (exact) mass is 375 g/mol. The number of rotatable bonds is 4. The molecular weight excluding hydrogens is 354 g/mol. The second-order valence-electron chi connectivity index (χ2n) is 6.67. The van der Waals surface area contributed by atoms with Gasteiger partial charge in [0.25, 0.3) is 5.91 Å². The molecule has 1 aliphatic heterocycles. The van der Waals surface area contributed by atoms with Crippen molar-refractivity contribution < 1.29 is 9.90 Å². The first-order valence-electron chi connectivity index (χ1n) is 9.27. The Labute approximate surface area is 163 Å². The average Bonchev–Trinajstić information content (AvgIpc) is 2.77. The maximum absolute atomic E-state index is 13.3. The summed E-state index contributed by atoms with van der Waals surface area (Å²) in [5.74, 6) is 0.631. The summed E-state index contributed by atoms with van der Waals surface area (Å²) in [6.07, 6.45) is 8.15. The second-order valence-corrected chi connectivity index (χ2v) is 6.67. The molecule has 0 saturated carbocycles. The first-order chi connectivity index (χ1) is 13.7. The van der Waals surface area contributed by atoms with E-state index in [1.165, 1.54) is 0 Å². The van der Waals surface area contributed by atoms with Crippen LogP contribution in [0.4, 0.5) is 11.6 Å². The van der Waals surface area contributed by atoms with Crippen LogP contribution in [0.5, 0.6) is 5.75 Å². The molecule has 0 atom stereocenters. The number of piperidine rings is 1. The Morgan fingerprint density at radius 2 is 1.75 bits per heavy atom. The van der Waals surface area contributed by atoms with E-state index < -0.39 is 0 Å². The summed E-state index contributed by atoms with van der Waals surface area (Å²) in [5, 5.41) is 10.4. The van der Waals surface area contributed by atoms with Crippen molar-refractivity contribution in [2.45, 2.75) is 18.9 Å². The van der Waals surface area contributed by atoms with Crippen LogP contribution in [0.2, 0.25) is 0 Å². The largest absolute Gasteiger partial charge is 0.506 e.